The number of rotatable bonds is 6. The maximum atomic E-state index is 12.0. The van der Waals surface area contributed by atoms with Crippen molar-refractivity contribution in [2.24, 2.45) is 0 Å². The lowest BCUT2D eigenvalue weighted by Crippen LogP contribution is -2.14. The van der Waals surface area contributed by atoms with Gasteiger partial charge in [0.1, 0.15) is 0 Å². The van der Waals surface area contributed by atoms with Crippen LogP contribution in [0.25, 0.3) is 5.65 Å². The molecule has 1 amide bonds. The topological polar surface area (TPSA) is 94.3 Å². The number of hydrogen-bond acceptors (Lipinski definition) is 6. The lowest BCUT2D eigenvalue weighted by molar-refractivity contribution is -0.116. The molecule has 0 spiro atoms. The van der Waals surface area contributed by atoms with Crippen molar-refractivity contribution in [3.8, 4) is 5.88 Å². The van der Waals surface area contributed by atoms with Crippen LogP contribution in [0, 0.1) is 0 Å². The van der Waals surface area contributed by atoms with Crippen LogP contribution >= 0.6 is 0 Å². The van der Waals surface area contributed by atoms with Crippen molar-refractivity contribution in [1.82, 2.24) is 24.8 Å². The van der Waals surface area contributed by atoms with E-state index in [4.69, 9.17) is 4.74 Å². The average molecular weight is 326 g/mol. The summed E-state index contributed by atoms with van der Waals surface area (Å²) in [4.78, 5) is 16.0. The minimum Gasteiger partial charge on any atom is -0.474 e. The van der Waals surface area contributed by atoms with Crippen LogP contribution in [-0.2, 0) is 11.2 Å². The first-order valence-corrected chi connectivity index (χ1v) is 7.69. The van der Waals surface area contributed by atoms with Gasteiger partial charge in [0.2, 0.25) is 11.8 Å². The molecule has 0 atom stereocenters. The fourth-order valence-corrected chi connectivity index (χ4v) is 2.16. The minimum atomic E-state index is -0.116. The normalized spacial score (nSPS) is 11.0. The quantitative estimate of drug-likeness (QED) is 0.743. The molecule has 3 aromatic heterocycles. The molecular formula is C16H18N6O2. The molecule has 1 N–H and O–H groups in total. The fourth-order valence-electron chi connectivity index (χ4n) is 2.16. The maximum Gasteiger partial charge on any atom is 0.232 e. The average Bonchev–Trinajstić information content (AvgIpc) is 2.96. The molecule has 0 unspecified atom stereocenters. The lowest BCUT2D eigenvalue weighted by Gasteiger charge is -2.08. The number of carbonyl (C=O) groups is 1. The van der Waals surface area contributed by atoms with E-state index in [-0.39, 0.29) is 18.4 Å². The summed E-state index contributed by atoms with van der Waals surface area (Å²) in [5.41, 5.74) is 1.29. The molecule has 0 fully saturated rings. The highest BCUT2D eigenvalue weighted by Crippen LogP contribution is 2.12. The summed E-state index contributed by atoms with van der Waals surface area (Å²) in [6, 6.07) is 7.09. The predicted octanol–water partition coefficient (Wildman–Crippen LogP) is 1.88. The van der Waals surface area contributed by atoms with E-state index in [9.17, 15) is 4.79 Å². The molecule has 0 aliphatic carbocycles. The van der Waals surface area contributed by atoms with Gasteiger partial charge in [0, 0.05) is 25.1 Å². The van der Waals surface area contributed by atoms with Gasteiger partial charge in [-0.25, -0.2) is 0 Å². The zero-order valence-electron chi connectivity index (χ0n) is 13.5. The number of aryl methyl sites for hydroxylation is 1. The third-order valence-electron chi connectivity index (χ3n) is 3.18. The predicted molar refractivity (Wildman–Crippen MR) is 87.7 cm³/mol. The maximum absolute atomic E-state index is 12.0. The number of aromatic nitrogens is 5. The summed E-state index contributed by atoms with van der Waals surface area (Å²) in [5.74, 6) is 0.994. The van der Waals surface area contributed by atoms with Crippen molar-refractivity contribution in [1.29, 1.82) is 0 Å². The van der Waals surface area contributed by atoms with Gasteiger partial charge < -0.3 is 10.1 Å². The van der Waals surface area contributed by atoms with Crippen LogP contribution in [0.4, 0.5) is 5.69 Å². The van der Waals surface area contributed by atoms with E-state index in [1.165, 1.54) is 0 Å². The van der Waals surface area contributed by atoms with Gasteiger partial charge in [-0.15, -0.1) is 15.3 Å². The van der Waals surface area contributed by atoms with Crippen LogP contribution in [0.3, 0.4) is 0 Å². The molecule has 0 aliphatic heterocycles. The number of ether oxygens (including phenoxy) is 1. The third kappa shape index (κ3) is 3.83. The van der Waals surface area contributed by atoms with Gasteiger partial charge in [0.25, 0.3) is 0 Å². The van der Waals surface area contributed by atoms with Crippen LogP contribution in [0.1, 0.15) is 26.1 Å². The molecule has 0 aromatic carbocycles. The largest absolute Gasteiger partial charge is 0.474 e. The molecule has 24 heavy (non-hydrogen) atoms. The van der Waals surface area contributed by atoms with Crippen LogP contribution < -0.4 is 10.1 Å². The fraction of sp³-hybridized carbons (Fsp3) is 0.312. The first-order chi connectivity index (χ1) is 11.6. The van der Waals surface area contributed by atoms with Gasteiger partial charge >= 0.3 is 0 Å². The van der Waals surface area contributed by atoms with Crippen molar-refractivity contribution in [2.45, 2.75) is 32.8 Å². The molecule has 8 heteroatoms. The highest BCUT2D eigenvalue weighted by Gasteiger charge is 2.11. The van der Waals surface area contributed by atoms with Gasteiger partial charge in [-0.05, 0) is 32.0 Å². The number of amides is 1. The van der Waals surface area contributed by atoms with Crippen molar-refractivity contribution in [3.05, 3.63) is 42.5 Å². The summed E-state index contributed by atoms with van der Waals surface area (Å²) >= 11 is 0. The van der Waals surface area contributed by atoms with E-state index in [1.54, 1.807) is 41.2 Å². The van der Waals surface area contributed by atoms with Crippen LogP contribution in [-0.4, -0.2) is 36.8 Å². The van der Waals surface area contributed by atoms with Gasteiger partial charge in [-0.2, -0.15) is 4.52 Å². The van der Waals surface area contributed by atoms with Gasteiger partial charge in [-0.1, -0.05) is 0 Å². The Balaban J connectivity index is 1.67. The Morgan fingerprint density at radius 2 is 2.17 bits per heavy atom. The molecule has 0 saturated heterocycles. The molecule has 0 saturated carbocycles. The molecule has 0 aliphatic rings. The monoisotopic (exact) mass is 326 g/mol. The summed E-state index contributed by atoms with van der Waals surface area (Å²) in [7, 11) is 0. The number of hydrogen-bond donors (Lipinski definition) is 1. The van der Waals surface area contributed by atoms with Crippen LogP contribution in [0.15, 0.2) is 36.7 Å². The summed E-state index contributed by atoms with van der Waals surface area (Å²) in [5, 5.41) is 15.3. The second-order valence-corrected chi connectivity index (χ2v) is 5.51. The standard InChI is InChI=1S/C16H18N6O2/c1-11(2)24-16-8-6-14-20-19-13(22(14)21-16)5-7-15(23)18-12-4-3-9-17-10-12/h3-4,6,8-11H,5,7H2,1-2H3,(H,18,23). The van der Waals surface area contributed by atoms with E-state index >= 15 is 0 Å². The highest BCUT2D eigenvalue weighted by molar-refractivity contribution is 5.90. The highest BCUT2D eigenvalue weighted by atomic mass is 16.5. The Morgan fingerprint density at radius 3 is 2.92 bits per heavy atom. The molecule has 0 bridgehead atoms. The summed E-state index contributed by atoms with van der Waals surface area (Å²) < 4.78 is 7.18. The SMILES string of the molecule is CC(C)Oc1ccc2nnc(CCC(=O)Nc3cccnc3)n2n1. The Labute approximate surface area is 138 Å². The van der Waals surface area contributed by atoms with Crippen molar-refractivity contribution >= 4 is 17.2 Å². The van der Waals surface area contributed by atoms with E-state index < -0.39 is 0 Å². The van der Waals surface area contributed by atoms with E-state index in [0.717, 1.165) is 0 Å². The van der Waals surface area contributed by atoms with Gasteiger partial charge in [0.15, 0.2) is 11.5 Å². The van der Waals surface area contributed by atoms with E-state index in [0.29, 0.717) is 29.5 Å². The molecular weight excluding hydrogens is 308 g/mol. The second-order valence-electron chi connectivity index (χ2n) is 5.51. The van der Waals surface area contributed by atoms with Gasteiger partial charge in [0.05, 0.1) is 18.0 Å². The minimum absolute atomic E-state index is 0.0279. The Bertz CT molecular complexity index is 831. The van der Waals surface area contributed by atoms with Crippen LogP contribution in [0.5, 0.6) is 5.88 Å². The molecule has 0 radical (unpaired) electrons. The second kappa shape index (κ2) is 7.03. The van der Waals surface area contributed by atoms with Crippen molar-refractivity contribution in [3.63, 3.8) is 0 Å². The first kappa shape index (κ1) is 15.9. The smallest absolute Gasteiger partial charge is 0.232 e. The number of nitrogens with zero attached hydrogens (tertiary/aromatic N) is 5. The van der Waals surface area contributed by atoms with Crippen molar-refractivity contribution in [2.75, 3.05) is 5.32 Å². The summed E-state index contributed by atoms with van der Waals surface area (Å²) in [6.07, 6.45) is 3.97. The van der Waals surface area contributed by atoms with Gasteiger partial charge in [-0.3, -0.25) is 9.78 Å². The molecule has 3 aromatic rings. The number of nitrogens with one attached hydrogen (secondary N) is 1. The number of anilines is 1. The molecule has 8 nitrogen and oxygen atoms in total. The molecule has 124 valence electrons. The van der Waals surface area contributed by atoms with Crippen molar-refractivity contribution < 1.29 is 9.53 Å². The zero-order chi connectivity index (χ0) is 16.9. The number of pyridine rings is 1. The Hall–Kier alpha value is -3.03. The van der Waals surface area contributed by atoms with E-state index in [2.05, 4.69) is 25.6 Å². The Morgan fingerprint density at radius 1 is 1.29 bits per heavy atom. The first-order valence-electron chi connectivity index (χ1n) is 7.69. The van der Waals surface area contributed by atoms with Crippen LogP contribution in [0.2, 0.25) is 0 Å². The number of carbonyl (C=O) groups excluding carboxylic acids is 1. The van der Waals surface area contributed by atoms with E-state index in [1.807, 2.05) is 13.8 Å². The third-order valence-corrected chi connectivity index (χ3v) is 3.18. The number of fused-ring (bicyclic) bond motifs is 1. The zero-order valence-corrected chi connectivity index (χ0v) is 13.5. The molecule has 3 rings (SSSR count). The summed E-state index contributed by atoms with van der Waals surface area (Å²) in [6.45, 7) is 3.86. The lowest BCUT2D eigenvalue weighted by atomic mass is 10.2. The molecule has 3 heterocycles. The Kier molecular flexibility index (Phi) is 4.64.